The molecule has 19 heavy (non-hydrogen) atoms. The molecule has 0 radical (unpaired) electrons. The first-order valence-corrected chi connectivity index (χ1v) is 6.13. The van der Waals surface area contributed by atoms with Crippen LogP contribution in [0.15, 0.2) is 67.0 Å². The Kier molecular flexibility index (Phi) is 3.11. The Morgan fingerprint density at radius 1 is 0.895 bits per heavy atom. The summed E-state index contributed by atoms with van der Waals surface area (Å²) >= 11 is 0. The smallest absolute Gasteiger partial charge is 0.123 e. The normalized spacial score (nSPS) is 10.6. The third kappa shape index (κ3) is 2.71. The van der Waals surface area contributed by atoms with Crippen LogP contribution < -0.4 is 0 Å². The predicted octanol–water partition coefficient (Wildman–Crippen LogP) is 3.74. The number of hydrogen-bond donors (Lipinski definition) is 0. The number of rotatable bonds is 3. The SMILES string of the molecule is Fc1ccc(-c2cnn(Cc3ccccc3)c2)cc1. The lowest BCUT2D eigenvalue weighted by Gasteiger charge is -2.01. The lowest BCUT2D eigenvalue weighted by Crippen LogP contribution is -1.99. The minimum Gasteiger partial charge on any atom is -0.268 e. The average Bonchev–Trinajstić information content (AvgIpc) is 2.89. The summed E-state index contributed by atoms with van der Waals surface area (Å²) in [6.45, 7) is 0.738. The van der Waals surface area contributed by atoms with Crippen molar-refractivity contribution in [2.75, 3.05) is 0 Å². The van der Waals surface area contributed by atoms with Crippen LogP contribution in [0, 0.1) is 5.82 Å². The summed E-state index contributed by atoms with van der Waals surface area (Å²) in [5.41, 5.74) is 3.17. The van der Waals surface area contributed by atoms with E-state index in [1.54, 1.807) is 18.3 Å². The van der Waals surface area contributed by atoms with Crippen LogP contribution in [0.3, 0.4) is 0 Å². The molecular formula is C16H13FN2. The Balaban J connectivity index is 1.82. The Morgan fingerprint density at radius 2 is 1.63 bits per heavy atom. The first kappa shape index (κ1) is 11.7. The molecular weight excluding hydrogens is 239 g/mol. The summed E-state index contributed by atoms with van der Waals surface area (Å²) in [5.74, 6) is -0.222. The summed E-state index contributed by atoms with van der Waals surface area (Å²) in [5, 5.41) is 4.33. The van der Waals surface area contributed by atoms with Crippen molar-refractivity contribution < 1.29 is 4.39 Å². The van der Waals surface area contributed by atoms with Crippen molar-refractivity contribution in [2.45, 2.75) is 6.54 Å². The van der Waals surface area contributed by atoms with Crippen LogP contribution in [0.25, 0.3) is 11.1 Å². The molecule has 0 aliphatic rings. The van der Waals surface area contributed by atoms with Crippen molar-refractivity contribution in [3.8, 4) is 11.1 Å². The standard InChI is InChI=1S/C16H13FN2/c17-16-8-6-14(7-9-16)15-10-18-19(12-15)11-13-4-2-1-3-5-13/h1-10,12H,11H2. The first-order valence-electron chi connectivity index (χ1n) is 6.13. The number of benzene rings is 2. The van der Waals surface area contributed by atoms with Gasteiger partial charge >= 0.3 is 0 Å². The van der Waals surface area contributed by atoms with Crippen molar-refractivity contribution in [1.82, 2.24) is 9.78 Å². The van der Waals surface area contributed by atoms with E-state index in [9.17, 15) is 4.39 Å². The average molecular weight is 252 g/mol. The minimum absolute atomic E-state index is 0.222. The second kappa shape index (κ2) is 5.06. The molecule has 0 spiro atoms. The van der Waals surface area contributed by atoms with E-state index in [-0.39, 0.29) is 5.82 Å². The van der Waals surface area contributed by atoms with E-state index in [0.29, 0.717) is 0 Å². The molecule has 3 rings (SSSR count). The molecule has 1 aromatic heterocycles. The van der Waals surface area contributed by atoms with Gasteiger partial charge in [0.05, 0.1) is 12.7 Å². The van der Waals surface area contributed by atoms with E-state index < -0.39 is 0 Å². The van der Waals surface area contributed by atoms with Gasteiger partial charge in [-0.05, 0) is 23.3 Å². The molecule has 0 amide bonds. The zero-order valence-corrected chi connectivity index (χ0v) is 10.3. The maximum atomic E-state index is 12.9. The highest BCUT2D eigenvalue weighted by Crippen LogP contribution is 2.19. The molecule has 0 aliphatic heterocycles. The highest BCUT2D eigenvalue weighted by atomic mass is 19.1. The van der Waals surface area contributed by atoms with Gasteiger partial charge in [0, 0.05) is 11.8 Å². The molecule has 0 bridgehead atoms. The Hall–Kier alpha value is -2.42. The minimum atomic E-state index is -0.222. The number of hydrogen-bond acceptors (Lipinski definition) is 1. The van der Waals surface area contributed by atoms with Crippen molar-refractivity contribution >= 4 is 0 Å². The summed E-state index contributed by atoms with van der Waals surface area (Å²) in [7, 11) is 0. The zero-order chi connectivity index (χ0) is 13.1. The monoisotopic (exact) mass is 252 g/mol. The van der Waals surface area contributed by atoms with Crippen LogP contribution in [0.2, 0.25) is 0 Å². The van der Waals surface area contributed by atoms with Gasteiger partial charge < -0.3 is 0 Å². The van der Waals surface area contributed by atoms with E-state index in [0.717, 1.165) is 17.7 Å². The predicted molar refractivity (Wildman–Crippen MR) is 73.2 cm³/mol. The van der Waals surface area contributed by atoms with Gasteiger partial charge in [-0.25, -0.2) is 4.39 Å². The molecule has 0 atom stereocenters. The van der Waals surface area contributed by atoms with Crippen molar-refractivity contribution in [3.05, 3.63) is 78.4 Å². The Labute approximate surface area is 111 Å². The fourth-order valence-electron chi connectivity index (χ4n) is 2.01. The fourth-order valence-corrected chi connectivity index (χ4v) is 2.01. The van der Waals surface area contributed by atoms with Gasteiger partial charge in [-0.3, -0.25) is 4.68 Å². The largest absolute Gasteiger partial charge is 0.268 e. The maximum Gasteiger partial charge on any atom is 0.123 e. The molecule has 0 saturated carbocycles. The van der Waals surface area contributed by atoms with Gasteiger partial charge in [-0.2, -0.15) is 5.10 Å². The highest BCUT2D eigenvalue weighted by Gasteiger charge is 2.02. The van der Waals surface area contributed by atoms with Crippen LogP contribution in [-0.2, 0) is 6.54 Å². The van der Waals surface area contributed by atoms with Gasteiger partial charge in [0.2, 0.25) is 0 Å². The van der Waals surface area contributed by atoms with Gasteiger partial charge in [-0.1, -0.05) is 42.5 Å². The number of nitrogens with zero attached hydrogens (tertiary/aromatic N) is 2. The highest BCUT2D eigenvalue weighted by molar-refractivity contribution is 5.61. The van der Waals surface area contributed by atoms with E-state index >= 15 is 0 Å². The van der Waals surface area contributed by atoms with Crippen molar-refractivity contribution in [3.63, 3.8) is 0 Å². The Morgan fingerprint density at radius 3 is 2.37 bits per heavy atom. The quantitative estimate of drug-likeness (QED) is 0.694. The molecule has 3 aromatic rings. The van der Waals surface area contributed by atoms with Crippen LogP contribution >= 0.6 is 0 Å². The molecule has 2 aromatic carbocycles. The summed E-state index contributed by atoms with van der Waals surface area (Å²) in [6.07, 6.45) is 3.77. The lowest BCUT2D eigenvalue weighted by molar-refractivity contribution is 0.628. The zero-order valence-electron chi connectivity index (χ0n) is 10.3. The van der Waals surface area contributed by atoms with E-state index in [1.807, 2.05) is 29.1 Å². The second-order valence-electron chi connectivity index (χ2n) is 4.42. The third-order valence-electron chi connectivity index (χ3n) is 3.00. The molecule has 0 saturated heterocycles. The topological polar surface area (TPSA) is 17.8 Å². The van der Waals surface area contributed by atoms with Gasteiger partial charge in [0.1, 0.15) is 5.82 Å². The first-order chi connectivity index (χ1) is 9.31. The maximum absolute atomic E-state index is 12.9. The van der Waals surface area contributed by atoms with Crippen LogP contribution in [0.1, 0.15) is 5.56 Å². The molecule has 0 N–H and O–H groups in total. The fraction of sp³-hybridized carbons (Fsp3) is 0.0625. The van der Waals surface area contributed by atoms with Gasteiger partial charge in [0.25, 0.3) is 0 Å². The van der Waals surface area contributed by atoms with Gasteiger partial charge in [-0.15, -0.1) is 0 Å². The van der Waals surface area contributed by atoms with Crippen LogP contribution in [0.4, 0.5) is 4.39 Å². The molecule has 3 heteroatoms. The number of halogens is 1. The lowest BCUT2D eigenvalue weighted by atomic mass is 10.1. The molecule has 0 unspecified atom stereocenters. The van der Waals surface area contributed by atoms with Gasteiger partial charge in [0.15, 0.2) is 0 Å². The molecule has 2 nitrogen and oxygen atoms in total. The van der Waals surface area contributed by atoms with E-state index in [2.05, 4.69) is 17.2 Å². The molecule has 94 valence electrons. The van der Waals surface area contributed by atoms with Crippen LogP contribution in [-0.4, -0.2) is 9.78 Å². The molecule has 1 heterocycles. The second-order valence-corrected chi connectivity index (χ2v) is 4.42. The van der Waals surface area contributed by atoms with Crippen LogP contribution in [0.5, 0.6) is 0 Å². The number of aromatic nitrogens is 2. The van der Waals surface area contributed by atoms with Crippen molar-refractivity contribution in [1.29, 1.82) is 0 Å². The Bertz CT molecular complexity index is 657. The summed E-state index contributed by atoms with van der Waals surface area (Å²) in [4.78, 5) is 0. The van der Waals surface area contributed by atoms with Crippen molar-refractivity contribution in [2.24, 2.45) is 0 Å². The van der Waals surface area contributed by atoms with E-state index in [1.165, 1.54) is 17.7 Å². The summed E-state index contributed by atoms with van der Waals surface area (Å²) < 4.78 is 14.8. The third-order valence-corrected chi connectivity index (χ3v) is 3.00. The molecule has 0 aliphatic carbocycles. The summed E-state index contributed by atoms with van der Waals surface area (Å²) in [6, 6.07) is 16.6. The van der Waals surface area contributed by atoms with E-state index in [4.69, 9.17) is 0 Å². The molecule has 0 fully saturated rings.